The van der Waals surface area contributed by atoms with Crippen molar-refractivity contribution in [2.24, 2.45) is 0 Å². The molecule has 1 saturated heterocycles. The van der Waals surface area contributed by atoms with Crippen LogP contribution in [0.15, 0.2) is 55.0 Å². The molecule has 1 N–H and O–H groups in total. The number of benzene rings is 1. The van der Waals surface area contributed by atoms with Gasteiger partial charge in [0.2, 0.25) is 11.8 Å². The van der Waals surface area contributed by atoms with Gasteiger partial charge in [0.05, 0.1) is 17.3 Å². The van der Waals surface area contributed by atoms with Gasteiger partial charge in [0, 0.05) is 56.9 Å². The number of halogens is 1. The van der Waals surface area contributed by atoms with Crippen molar-refractivity contribution >= 4 is 28.6 Å². The third-order valence-corrected chi connectivity index (χ3v) is 5.92. The number of nitrogens with zero attached hydrogens (tertiary/aromatic N) is 4. The Kier molecular flexibility index (Phi) is 6.67. The lowest BCUT2D eigenvalue weighted by atomic mass is 10.1. The molecular formula is C24H26FN5O3. The van der Waals surface area contributed by atoms with Gasteiger partial charge in [-0.2, -0.15) is 0 Å². The highest BCUT2D eigenvalue weighted by Crippen LogP contribution is 2.15. The van der Waals surface area contributed by atoms with Crippen LogP contribution in [-0.2, 0) is 16.1 Å². The van der Waals surface area contributed by atoms with Crippen molar-refractivity contribution in [1.29, 1.82) is 0 Å². The van der Waals surface area contributed by atoms with Crippen molar-refractivity contribution in [3.05, 3.63) is 66.4 Å². The monoisotopic (exact) mass is 451 g/mol. The highest BCUT2D eigenvalue weighted by molar-refractivity contribution is 5.97. The number of hydrogen-bond acceptors (Lipinski definition) is 4. The van der Waals surface area contributed by atoms with Gasteiger partial charge in [-0.15, -0.1) is 0 Å². The maximum atomic E-state index is 13.8. The lowest BCUT2D eigenvalue weighted by Crippen LogP contribution is -2.55. The number of aromatic nitrogens is 2. The van der Waals surface area contributed by atoms with Gasteiger partial charge >= 0.3 is 0 Å². The van der Waals surface area contributed by atoms with Crippen LogP contribution in [0.3, 0.4) is 0 Å². The molecule has 0 radical (unpaired) electrons. The van der Waals surface area contributed by atoms with Gasteiger partial charge in [0.15, 0.2) is 0 Å². The first-order valence-electron chi connectivity index (χ1n) is 10.9. The van der Waals surface area contributed by atoms with Crippen molar-refractivity contribution in [3.8, 4) is 0 Å². The summed E-state index contributed by atoms with van der Waals surface area (Å²) in [6, 6.07) is 8.78. The van der Waals surface area contributed by atoms with E-state index in [0.29, 0.717) is 39.1 Å². The molecule has 3 amide bonds. The molecule has 1 aliphatic heterocycles. The van der Waals surface area contributed by atoms with Gasteiger partial charge in [-0.05, 0) is 31.2 Å². The molecule has 172 valence electrons. The molecule has 3 heterocycles. The zero-order valence-electron chi connectivity index (χ0n) is 18.4. The molecule has 8 nitrogen and oxygen atoms in total. The minimum atomic E-state index is -0.796. The van der Waals surface area contributed by atoms with E-state index in [-0.39, 0.29) is 17.4 Å². The predicted molar refractivity (Wildman–Crippen MR) is 121 cm³/mol. The second-order valence-electron chi connectivity index (χ2n) is 8.07. The summed E-state index contributed by atoms with van der Waals surface area (Å²) in [6.45, 7) is 3.79. The Hall–Kier alpha value is -3.75. The van der Waals surface area contributed by atoms with Gasteiger partial charge in [-0.25, -0.2) is 4.39 Å². The van der Waals surface area contributed by atoms with Crippen molar-refractivity contribution < 1.29 is 18.8 Å². The van der Waals surface area contributed by atoms with E-state index in [1.807, 2.05) is 22.9 Å². The summed E-state index contributed by atoms with van der Waals surface area (Å²) in [4.78, 5) is 45.2. The van der Waals surface area contributed by atoms with Crippen molar-refractivity contribution in [3.63, 3.8) is 0 Å². The number of hydrogen-bond donors (Lipinski definition) is 1. The van der Waals surface area contributed by atoms with Crippen LogP contribution in [0.4, 0.5) is 4.39 Å². The van der Waals surface area contributed by atoms with Crippen LogP contribution in [0.2, 0.25) is 0 Å². The van der Waals surface area contributed by atoms with Gasteiger partial charge in [0.1, 0.15) is 11.9 Å². The van der Waals surface area contributed by atoms with Gasteiger partial charge in [0.25, 0.3) is 5.91 Å². The molecule has 1 aliphatic rings. The first-order valence-corrected chi connectivity index (χ1v) is 10.9. The van der Waals surface area contributed by atoms with Gasteiger partial charge in [-0.1, -0.05) is 12.1 Å². The quantitative estimate of drug-likeness (QED) is 0.622. The average molecular weight is 452 g/mol. The number of carbonyl (C=O) groups is 3. The molecule has 0 spiro atoms. The van der Waals surface area contributed by atoms with Crippen LogP contribution in [0.1, 0.15) is 23.7 Å². The Morgan fingerprint density at radius 2 is 1.79 bits per heavy atom. The lowest BCUT2D eigenvalue weighted by molar-refractivity contribution is -0.140. The maximum absolute atomic E-state index is 13.8. The molecule has 0 unspecified atom stereocenters. The largest absolute Gasteiger partial charge is 0.346 e. The summed E-state index contributed by atoms with van der Waals surface area (Å²) in [6.07, 6.45) is 5.84. The number of carbonyl (C=O) groups excluding carboxylic acids is 3. The molecule has 0 saturated carbocycles. The smallest absolute Gasteiger partial charge is 0.254 e. The number of amides is 3. The Morgan fingerprint density at radius 1 is 1.06 bits per heavy atom. The second kappa shape index (κ2) is 9.81. The Morgan fingerprint density at radius 3 is 2.55 bits per heavy atom. The first-order chi connectivity index (χ1) is 15.9. The molecule has 1 fully saturated rings. The average Bonchev–Trinajstić information content (AvgIpc) is 3.25. The standard InChI is InChI=1S/C24H26FN5O3/c1-17(27-23(32)19-4-2-3-5-20(19)25)24(33)30-14-12-29(13-15-30)22(31)8-11-28-10-7-18-6-9-26-16-21(18)28/h2-7,9-10,16-17H,8,11-15H2,1H3,(H,27,32)/t17-/m1/s1. The molecule has 33 heavy (non-hydrogen) atoms. The third-order valence-electron chi connectivity index (χ3n) is 5.92. The van der Waals surface area contributed by atoms with E-state index in [1.54, 1.807) is 35.2 Å². The highest BCUT2D eigenvalue weighted by Gasteiger charge is 2.28. The molecule has 4 rings (SSSR count). The fourth-order valence-electron chi connectivity index (χ4n) is 4.03. The molecule has 9 heteroatoms. The Labute approximate surface area is 191 Å². The van der Waals surface area contributed by atoms with E-state index in [0.717, 1.165) is 10.9 Å². The van der Waals surface area contributed by atoms with Crippen LogP contribution < -0.4 is 5.32 Å². The molecule has 0 aliphatic carbocycles. The van der Waals surface area contributed by atoms with Crippen LogP contribution in [0, 0.1) is 5.82 Å². The fraction of sp³-hybridized carbons (Fsp3) is 0.333. The summed E-state index contributed by atoms with van der Waals surface area (Å²) in [5, 5.41) is 3.64. The first kappa shape index (κ1) is 22.4. The normalized spacial score (nSPS) is 14.8. The van der Waals surface area contributed by atoms with E-state index < -0.39 is 17.8 Å². The van der Waals surface area contributed by atoms with E-state index >= 15 is 0 Å². The van der Waals surface area contributed by atoms with Crippen LogP contribution in [-0.4, -0.2) is 69.3 Å². The summed E-state index contributed by atoms with van der Waals surface area (Å²) in [7, 11) is 0. The van der Waals surface area contributed by atoms with Crippen molar-refractivity contribution in [2.75, 3.05) is 26.2 Å². The van der Waals surface area contributed by atoms with Crippen LogP contribution in [0.5, 0.6) is 0 Å². The highest BCUT2D eigenvalue weighted by atomic mass is 19.1. The topological polar surface area (TPSA) is 87.5 Å². The summed E-state index contributed by atoms with van der Waals surface area (Å²) < 4.78 is 15.8. The summed E-state index contributed by atoms with van der Waals surface area (Å²) >= 11 is 0. The minimum Gasteiger partial charge on any atom is -0.346 e. The number of rotatable bonds is 6. The Bertz CT molecular complexity index is 1170. The zero-order chi connectivity index (χ0) is 23.4. The number of nitrogens with one attached hydrogen (secondary N) is 1. The number of pyridine rings is 1. The molecule has 2 aromatic heterocycles. The van der Waals surface area contributed by atoms with E-state index in [4.69, 9.17) is 0 Å². The third kappa shape index (κ3) is 5.02. The maximum Gasteiger partial charge on any atom is 0.254 e. The van der Waals surface area contributed by atoms with Crippen molar-refractivity contribution in [1.82, 2.24) is 24.7 Å². The predicted octanol–water partition coefficient (Wildman–Crippen LogP) is 2.05. The Balaban J connectivity index is 1.25. The van der Waals surface area contributed by atoms with Crippen molar-refractivity contribution in [2.45, 2.75) is 25.9 Å². The second-order valence-corrected chi connectivity index (χ2v) is 8.07. The van der Waals surface area contributed by atoms with E-state index in [9.17, 15) is 18.8 Å². The number of fused-ring (bicyclic) bond motifs is 1. The van der Waals surface area contributed by atoms with Gasteiger partial charge < -0.3 is 19.7 Å². The SMILES string of the molecule is C[C@@H](NC(=O)c1ccccc1F)C(=O)N1CCN(C(=O)CCn2ccc3ccncc32)CC1. The number of piperazine rings is 1. The molecule has 3 aromatic rings. The molecule has 0 bridgehead atoms. The molecule has 1 atom stereocenters. The minimum absolute atomic E-state index is 0.0359. The summed E-state index contributed by atoms with van der Waals surface area (Å²) in [5.74, 6) is -1.48. The van der Waals surface area contributed by atoms with E-state index in [2.05, 4.69) is 10.3 Å². The van der Waals surface area contributed by atoms with Crippen LogP contribution >= 0.6 is 0 Å². The molecule has 1 aromatic carbocycles. The van der Waals surface area contributed by atoms with Crippen LogP contribution in [0.25, 0.3) is 10.9 Å². The van der Waals surface area contributed by atoms with Gasteiger partial charge in [-0.3, -0.25) is 19.4 Å². The van der Waals surface area contributed by atoms with E-state index in [1.165, 1.54) is 18.2 Å². The summed E-state index contributed by atoms with van der Waals surface area (Å²) in [5.41, 5.74) is 0.894. The zero-order valence-corrected chi connectivity index (χ0v) is 18.4. The lowest BCUT2D eigenvalue weighted by Gasteiger charge is -2.36. The fourth-order valence-corrected chi connectivity index (χ4v) is 4.03. The number of aryl methyl sites for hydroxylation is 1. The molecular weight excluding hydrogens is 425 g/mol.